The number of hydrogen-bond acceptors (Lipinski definition) is 3. The summed E-state index contributed by atoms with van der Waals surface area (Å²) < 4.78 is 0. The van der Waals surface area contributed by atoms with Crippen molar-refractivity contribution in [3.8, 4) is 0 Å². The Morgan fingerprint density at radius 1 is 0.974 bits per heavy atom. The summed E-state index contributed by atoms with van der Waals surface area (Å²) >= 11 is 7.96. The van der Waals surface area contributed by atoms with Crippen LogP contribution in [-0.2, 0) is 24.3 Å². The molecule has 6 rings (SSSR count). The van der Waals surface area contributed by atoms with Gasteiger partial charge >= 0.3 is 0 Å². The molecule has 2 heterocycles. The second kappa shape index (κ2) is 11.0. The Kier molecular flexibility index (Phi) is 7.31. The molecule has 0 radical (unpaired) electrons. The van der Waals surface area contributed by atoms with Crippen molar-refractivity contribution in [2.24, 2.45) is 0 Å². The third kappa shape index (κ3) is 5.27. The maximum atomic E-state index is 13.7. The summed E-state index contributed by atoms with van der Waals surface area (Å²) in [6.45, 7) is 1.96. The van der Waals surface area contributed by atoms with Crippen LogP contribution in [0.15, 0.2) is 77.7 Å². The summed E-state index contributed by atoms with van der Waals surface area (Å²) in [7, 11) is 0. The molecular weight excluding hydrogens is 512 g/mol. The molecule has 0 aromatic heterocycles. The van der Waals surface area contributed by atoms with Crippen LogP contribution in [0.1, 0.15) is 58.3 Å². The van der Waals surface area contributed by atoms with Gasteiger partial charge in [-0.2, -0.15) is 0 Å². The molecule has 0 N–H and O–H groups in total. The first-order chi connectivity index (χ1) is 18.5. The van der Waals surface area contributed by atoms with Gasteiger partial charge in [0.05, 0.1) is 4.91 Å². The zero-order valence-electron chi connectivity index (χ0n) is 21.3. The van der Waals surface area contributed by atoms with Crippen molar-refractivity contribution < 1.29 is 9.59 Å². The molecule has 0 bridgehead atoms. The lowest BCUT2D eigenvalue weighted by Crippen LogP contribution is -2.50. The van der Waals surface area contributed by atoms with Gasteiger partial charge in [0, 0.05) is 41.5 Å². The summed E-state index contributed by atoms with van der Waals surface area (Å²) in [6.07, 6.45) is 7.43. The van der Waals surface area contributed by atoms with Gasteiger partial charge in [-0.05, 0) is 71.9 Å². The number of fused-ring (bicyclic) bond motifs is 2. The van der Waals surface area contributed by atoms with Crippen molar-refractivity contribution in [2.75, 3.05) is 6.54 Å². The summed E-state index contributed by atoms with van der Waals surface area (Å²) in [6, 6.07) is 24.1. The highest BCUT2D eigenvalue weighted by atomic mass is 35.5. The van der Waals surface area contributed by atoms with E-state index in [1.54, 1.807) is 11.8 Å². The lowest BCUT2D eigenvalue weighted by Gasteiger charge is -2.44. The number of halogens is 1. The van der Waals surface area contributed by atoms with Crippen LogP contribution in [0.2, 0.25) is 5.02 Å². The lowest BCUT2D eigenvalue weighted by atomic mass is 9.92. The zero-order valence-corrected chi connectivity index (χ0v) is 22.9. The van der Waals surface area contributed by atoms with Crippen molar-refractivity contribution in [1.82, 2.24) is 9.80 Å². The largest absolute Gasteiger partial charge is 0.334 e. The van der Waals surface area contributed by atoms with Gasteiger partial charge in [0.1, 0.15) is 0 Å². The number of nitrogens with zero attached hydrogens (tertiary/aromatic N) is 2. The van der Waals surface area contributed by atoms with Crippen LogP contribution in [0.25, 0.3) is 6.08 Å². The Morgan fingerprint density at radius 2 is 1.76 bits per heavy atom. The molecule has 4 nitrogen and oxygen atoms in total. The van der Waals surface area contributed by atoms with Crippen LogP contribution >= 0.6 is 23.4 Å². The van der Waals surface area contributed by atoms with Gasteiger partial charge in [-0.25, -0.2) is 0 Å². The summed E-state index contributed by atoms with van der Waals surface area (Å²) in [4.78, 5) is 31.7. The van der Waals surface area contributed by atoms with E-state index in [0.29, 0.717) is 28.9 Å². The van der Waals surface area contributed by atoms with Crippen molar-refractivity contribution in [3.63, 3.8) is 0 Å². The van der Waals surface area contributed by atoms with Crippen molar-refractivity contribution in [2.45, 2.75) is 56.5 Å². The normalized spacial score (nSPS) is 22.2. The number of carbonyl (C=O) groups is 2. The Morgan fingerprint density at radius 3 is 2.58 bits per heavy atom. The van der Waals surface area contributed by atoms with Crippen LogP contribution < -0.4 is 0 Å². The number of carbonyl (C=O) groups excluding carboxylic acids is 2. The molecular formula is C32H31ClN2O2S. The standard InChI is InChI=1S/C32H31ClN2O2S/c33-27-9-5-6-23(18-27)20-35-28-10-3-4-11-29(28)38-30(32(35)37)19-22-12-14-25(15-13-22)31(36)34-17-16-24-7-1-2-8-26(24)21-34/h1-2,5-9,12-15,18-19,28-29H,3-4,10-11,16-17,20-21H2/b30-19+. The van der Waals surface area contributed by atoms with E-state index in [1.165, 1.54) is 17.5 Å². The van der Waals surface area contributed by atoms with E-state index < -0.39 is 0 Å². The van der Waals surface area contributed by atoms with Gasteiger partial charge in [0.25, 0.3) is 11.8 Å². The average Bonchev–Trinajstić information content (AvgIpc) is 2.95. The fourth-order valence-corrected chi connectivity index (χ4v) is 7.60. The monoisotopic (exact) mass is 542 g/mol. The molecule has 194 valence electrons. The van der Waals surface area contributed by atoms with Crippen LogP contribution in [0.4, 0.5) is 0 Å². The van der Waals surface area contributed by atoms with Crippen LogP contribution in [0, 0.1) is 0 Å². The van der Waals surface area contributed by atoms with Gasteiger partial charge in [0.15, 0.2) is 0 Å². The SMILES string of the molecule is O=C(c1ccc(/C=C2/SC3CCCCC3N(Cc3cccc(Cl)c3)C2=O)cc1)N1CCc2ccccc2C1. The van der Waals surface area contributed by atoms with Crippen LogP contribution in [-0.4, -0.2) is 39.5 Å². The molecule has 2 atom stereocenters. The predicted molar refractivity (Wildman–Crippen MR) is 155 cm³/mol. The molecule has 3 aromatic rings. The maximum absolute atomic E-state index is 13.7. The summed E-state index contributed by atoms with van der Waals surface area (Å²) in [5, 5.41) is 1.11. The molecule has 2 aliphatic heterocycles. The number of rotatable bonds is 4. The van der Waals surface area contributed by atoms with Gasteiger partial charge < -0.3 is 9.80 Å². The van der Waals surface area contributed by atoms with Gasteiger partial charge in [-0.1, -0.05) is 73.0 Å². The quantitative estimate of drug-likeness (QED) is 0.334. The van der Waals surface area contributed by atoms with Gasteiger partial charge in [0.2, 0.25) is 0 Å². The van der Waals surface area contributed by atoms with Gasteiger partial charge in [-0.15, -0.1) is 11.8 Å². The van der Waals surface area contributed by atoms with E-state index in [4.69, 9.17) is 11.6 Å². The highest BCUT2D eigenvalue weighted by molar-refractivity contribution is 8.04. The molecule has 2 amide bonds. The molecule has 1 saturated heterocycles. The lowest BCUT2D eigenvalue weighted by molar-refractivity contribution is -0.130. The maximum Gasteiger partial charge on any atom is 0.260 e. The van der Waals surface area contributed by atoms with E-state index in [9.17, 15) is 9.59 Å². The van der Waals surface area contributed by atoms with Crippen LogP contribution in [0.5, 0.6) is 0 Å². The smallest absolute Gasteiger partial charge is 0.260 e. The Balaban J connectivity index is 1.20. The summed E-state index contributed by atoms with van der Waals surface area (Å²) in [5.74, 6) is 0.143. The van der Waals surface area contributed by atoms with Crippen LogP contribution in [0.3, 0.4) is 0 Å². The van der Waals surface area contributed by atoms with E-state index in [0.717, 1.165) is 48.3 Å². The Bertz CT molecular complexity index is 1390. The molecule has 0 spiro atoms. The fourth-order valence-electron chi connectivity index (χ4n) is 5.92. The fraction of sp³-hybridized carbons (Fsp3) is 0.312. The average molecular weight is 543 g/mol. The molecule has 2 fully saturated rings. The third-order valence-corrected chi connectivity index (χ3v) is 9.57. The van der Waals surface area contributed by atoms with E-state index in [1.807, 2.05) is 65.6 Å². The molecule has 1 aliphatic carbocycles. The number of benzene rings is 3. The van der Waals surface area contributed by atoms with Crippen molar-refractivity contribution in [3.05, 3.63) is 111 Å². The van der Waals surface area contributed by atoms with E-state index in [2.05, 4.69) is 23.1 Å². The first-order valence-corrected chi connectivity index (χ1v) is 14.7. The summed E-state index contributed by atoms with van der Waals surface area (Å²) in [5.41, 5.74) is 5.24. The first kappa shape index (κ1) is 25.3. The molecule has 3 aliphatic rings. The first-order valence-electron chi connectivity index (χ1n) is 13.4. The highest BCUT2D eigenvalue weighted by Gasteiger charge is 2.40. The minimum Gasteiger partial charge on any atom is -0.334 e. The van der Waals surface area contributed by atoms with E-state index in [-0.39, 0.29) is 17.9 Å². The minimum atomic E-state index is 0.0552. The third-order valence-electron chi connectivity index (χ3n) is 7.93. The molecule has 1 saturated carbocycles. The zero-order chi connectivity index (χ0) is 26.1. The van der Waals surface area contributed by atoms with Crippen molar-refractivity contribution >= 4 is 41.3 Å². The second-order valence-electron chi connectivity index (χ2n) is 10.4. The molecule has 6 heteroatoms. The second-order valence-corrected chi connectivity index (χ2v) is 12.2. The minimum absolute atomic E-state index is 0.0552. The van der Waals surface area contributed by atoms with E-state index >= 15 is 0 Å². The molecule has 2 unspecified atom stereocenters. The topological polar surface area (TPSA) is 40.6 Å². The predicted octanol–water partition coefficient (Wildman–Crippen LogP) is 6.97. The highest BCUT2D eigenvalue weighted by Crippen LogP contribution is 2.42. The number of thioether (sulfide) groups is 1. The Hall–Kier alpha value is -3.02. The van der Waals surface area contributed by atoms with Gasteiger partial charge in [-0.3, -0.25) is 9.59 Å². The molecule has 3 aromatic carbocycles. The number of hydrogen-bond donors (Lipinski definition) is 0. The number of amides is 2. The van der Waals surface area contributed by atoms with Crippen molar-refractivity contribution in [1.29, 1.82) is 0 Å². The molecule has 38 heavy (non-hydrogen) atoms. The Labute approximate surface area is 233 Å².